The van der Waals surface area contributed by atoms with Gasteiger partial charge in [-0.15, -0.1) is 12.4 Å². The SMILES string of the molecule is CC(C)N(C)CC(=O)Nc1nc(C2CCNCC2)nn1C.Cl. The predicted molar refractivity (Wildman–Crippen MR) is 89.5 cm³/mol. The fraction of sp³-hybridized carbons (Fsp3) is 0.786. The Morgan fingerprint density at radius 3 is 2.68 bits per heavy atom. The summed E-state index contributed by atoms with van der Waals surface area (Å²) in [4.78, 5) is 18.5. The van der Waals surface area contributed by atoms with Crippen molar-refractivity contribution in [3.63, 3.8) is 0 Å². The van der Waals surface area contributed by atoms with Gasteiger partial charge in [0.25, 0.3) is 0 Å². The molecule has 0 radical (unpaired) electrons. The van der Waals surface area contributed by atoms with Crippen molar-refractivity contribution in [3.05, 3.63) is 5.82 Å². The van der Waals surface area contributed by atoms with E-state index < -0.39 is 0 Å². The molecule has 1 aliphatic rings. The lowest BCUT2D eigenvalue weighted by Gasteiger charge is -2.20. The van der Waals surface area contributed by atoms with Gasteiger partial charge in [0.1, 0.15) is 0 Å². The van der Waals surface area contributed by atoms with Gasteiger partial charge in [-0.05, 0) is 46.8 Å². The van der Waals surface area contributed by atoms with E-state index in [1.54, 1.807) is 4.68 Å². The largest absolute Gasteiger partial charge is 0.317 e. The smallest absolute Gasteiger partial charge is 0.240 e. The van der Waals surface area contributed by atoms with E-state index in [2.05, 4.69) is 34.6 Å². The van der Waals surface area contributed by atoms with Gasteiger partial charge in [-0.25, -0.2) is 4.68 Å². The minimum absolute atomic E-state index is 0. The second kappa shape index (κ2) is 8.45. The minimum atomic E-state index is -0.0569. The molecule has 0 aliphatic carbocycles. The summed E-state index contributed by atoms with van der Waals surface area (Å²) in [6.45, 7) is 6.48. The average molecular weight is 331 g/mol. The first-order chi connectivity index (χ1) is 9.97. The number of carbonyl (C=O) groups is 1. The van der Waals surface area contributed by atoms with Crippen molar-refractivity contribution in [2.75, 3.05) is 32.0 Å². The molecule has 1 aromatic heterocycles. The third-order valence-corrected chi connectivity index (χ3v) is 4.01. The summed E-state index contributed by atoms with van der Waals surface area (Å²) in [5, 5.41) is 10.6. The number of rotatable bonds is 5. The fourth-order valence-corrected chi connectivity index (χ4v) is 2.34. The van der Waals surface area contributed by atoms with E-state index in [-0.39, 0.29) is 18.3 Å². The van der Waals surface area contributed by atoms with E-state index in [4.69, 9.17) is 0 Å². The van der Waals surface area contributed by atoms with Crippen LogP contribution >= 0.6 is 12.4 Å². The number of likely N-dealkylation sites (N-methyl/N-ethyl adjacent to an activating group) is 1. The lowest BCUT2D eigenvalue weighted by atomic mass is 9.98. The fourth-order valence-electron chi connectivity index (χ4n) is 2.34. The van der Waals surface area contributed by atoms with Crippen molar-refractivity contribution >= 4 is 24.3 Å². The molecule has 8 heteroatoms. The van der Waals surface area contributed by atoms with Crippen LogP contribution < -0.4 is 10.6 Å². The van der Waals surface area contributed by atoms with Crippen LogP contribution in [0.15, 0.2) is 0 Å². The van der Waals surface area contributed by atoms with Gasteiger partial charge in [0.2, 0.25) is 11.9 Å². The summed E-state index contributed by atoms with van der Waals surface area (Å²) < 4.78 is 1.66. The second-order valence-electron chi connectivity index (χ2n) is 6.00. The van der Waals surface area contributed by atoms with Gasteiger partial charge in [0.15, 0.2) is 5.82 Å². The van der Waals surface area contributed by atoms with Crippen molar-refractivity contribution in [2.24, 2.45) is 7.05 Å². The van der Waals surface area contributed by atoms with Gasteiger partial charge in [-0.1, -0.05) is 0 Å². The van der Waals surface area contributed by atoms with Crippen molar-refractivity contribution in [2.45, 2.75) is 38.6 Å². The van der Waals surface area contributed by atoms with E-state index in [1.165, 1.54) is 0 Å². The molecule has 1 aliphatic heterocycles. The first-order valence-corrected chi connectivity index (χ1v) is 7.59. The predicted octanol–water partition coefficient (Wildman–Crippen LogP) is 0.983. The Morgan fingerprint density at radius 2 is 2.09 bits per heavy atom. The molecular formula is C14H27ClN6O. The molecule has 2 N–H and O–H groups in total. The topological polar surface area (TPSA) is 75.1 Å². The van der Waals surface area contributed by atoms with Crippen molar-refractivity contribution in [3.8, 4) is 0 Å². The maximum Gasteiger partial charge on any atom is 0.240 e. The highest BCUT2D eigenvalue weighted by molar-refractivity contribution is 5.90. The molecule has 0 bridgehead atoms. The molecule has 2 heterocycles. The minimum Gasteiger partial charge on any atom is -0.317 e. The Morgan fingerprint density at radius 1 is 1.45 bits per heavy atom. The van der Waals surface area contributed by atoms with Gasteiger partial charge < -0.3 is 5.32 Å². The number of halogens is 1. The second-order valence-corrected chi connectivity index (χ2v) is 6.00. The van der Waals surface area contributed by atoms with Crippen LogP contribution in [0.1, 0.15) is 38.4 Å². The molecule has 0 atom stereocenters. The van der Waals surface area contributed by atoms with Gasteiger partial charge in [-0.3, -0.25) is 15.0 Å². The first kappa shape index (κ1) is 18.9. The number of piperidine rings is 1. The first-order valence-electron chi connectivity index (χ1n) is 7.59. The maximum atomic E-state index is 12.0. The number of nitrogens with one attached hydrogen (secondary N) is 2. The van der Waals surface area contributed by atoms with Crippen molar-refractivity contribution in [1.29, 1.82) is 0 Å². The van der Waals surface area contributed by atoms with Crippen LogP contribution in [0.2, 0.25) is 0 Å². The average Bonchev–Trinajstić information content (AvgIpc) is 2.81. The Balaban J connectivity index is 0.00000242. The number of aryl methyl sites for hydroxylation is 1. The molecule has 7 nitrogen and oxygen atoms in total. The molecule has 0 aromatic carbocycles. The highest BCUT2D eigenvalue weighted by atomic mass is 35.5. The summed E-state index contributed by atoms with van der Waals surface area (Å²) in [6, 6.07) is 0.334. The zero-order valence-corrected chi connectivity index (χ0v) is 14.6. The van der Waals surface area contributed by atoms with E-state index in [1.807, 2.05) is 19.0 Å². The summed E-state index contributed by atoms with van der Waals surface area (Å²) in [5.41, 5.74) is 0. The molecule has 126 valence electrons. The summed E-state index contributed by atoms with van der Waals surface area (Å²) >= 11 is 0. The van der Waals surface area contributed by atoms with E-state index >= 15 is 0 Å². The number of amides is 1. The molecule has 0 unspecified atom stereocenters. The third kappa shape index (κ3) is 4.93. The van der Waals surface area contributed by atoms with Crippen LogP contribution in [0.4, 0.5) is 5.95 Å². The molecule has 0 spiro atoms. The zero-order chi connectivity index (χ0) is 15.4. The maximum absolute atomic E-state index is 12.0. The van der Waals surface area contributed by atoms with Gasteiger partial charge >= 0.3 is 0 Å². The van der Waals surface area contributed by atoms with Crippen LogP contribution in [-0.2, 0) is 11.8 Å². The van der Waals surface area contributed by atoms with Crippen LogP contribution in [-0.4, -0.2) is 58.3 Å². The van der Waals surface area contributed by atoms with E-state index in [9.17, 15) is 4.79 Å². The zero-order valence-electron chi connectivity index (χ0n) is 13.8. The number of anilines is 1. The molecule has 1 amide bonds. The molecule has 1 fully saturated rings. The quantitative estimate of drug-likeness (QED) is 0.842. The van der Waals surface area contributed by atoms with Gasteiger partial charge in [-0.2, -0.15) is 10.1 Å². The number of nitrogens with zero attached hydrogens (tertiary/aromatic N) is 4. The molecule has 22 heavy (non-hydrogen) atoms. The number of hydrogen-bond acceptors (Lipinski definition) is 5. The molecule has 1 saturated heterocycles. The molecule has 2 rings (SSSR count). The molecular weight excluding hydrogens is 304 g/mol. The van der Waals surface area contributed by atoms with E-state index in [0.29, 0.717) is 24.5 Å². The van der Waals surface area contributed by atoms with Gasteiger partial charge in [0.05, 0.1) is 6.54 Å². The van der Waals surface area contributed by atoms with E-state index in [0.717, 1.165) is 31.8 Å². The summed E-state index contributed by atoms with van der Waals surface area (Å²) in [5.74, 6) is 1.71. The summed E-state index contributed by atoms with van der Waals surface area (Å²) in [7, 11) is 3.75. The van der Waals surface area contributed by atoms with Crippen LogP contribution in [0.25, 0.3) is 0 Å². The highest BCUT2D eigenvalue weighted by Crippen LogP contribution is 2.23. The standard InChI is InChI=1S/C14H26N6O.ClH/c1-10(2)19(3)9-12(21)16-14-17-13(18-20(14)4)11-5-7-15-8-6-11;/h10-11,15H,5-9H2,1-4H3,(H,16,17,18,21);1H. The van der Waals surface area contributed by atoms with Crippen molar-refractivity contribution in [1.82, 2.24) is 25.0 Å². The van der Waals surface area contributed by atoms with Crippen LogP contribution in [0.3, 0.4) is 0 Å². The Hall–Kier alpha value is -1.18. The lowest BCUT2D eigenvalue weighted by molar-refractivity contribution is -0.117. The normalized spacial score (nSPS) is 15.9. The Kier molecular flexibility index (Phi) is 7.25. The third-order valence-electron chi connectivity index (χ3n) is 4.01. The Bertz CT molecular complexity index is 484. The van der Waals surface area contributed by atoms with Crippen LogP contribution in [0.5, 0.6) is 0 Å². The Labute approximate surface area is 138 Å². The molecule has 1 aromatic rings. The summed E-state index contributed by atoms with van der Waals surface area (Å²) in [6.07, 6.45) is 2.10. The monoisotopic (exact) mass is 330 g/mol. The number of carbonyl (C=O) groups excluding carboxylic acids is 1. The molecule has 0 saturated carbocycles. The lowest BCUT2D eigenvalue weighted by Crippen LogP contribution is -2.35. The van der Waals surface area contributed by atoms with Gasteiger partial charge in [0, 0.05) is 19.0 Å². The number of aromatic nitrogens is 3. The highest BCUT2D eigenvalue weighted by Gasteiger charge is 2.21. The number of hydrogen-bond donors (Lipinski definition) is 2. The van der Waals surface area contributed by atoms with Crippen molar-refractivity contribution < 1.29 is 4.79 Å². The van der Waals surface area contributed by atoms with Crippen LogP contribution in [0, 0.1) is 0 Å².